The summed E-state index contributed by atoms with van der Waals surface area (Å²) >= 11 is 2.20. The molecule has 0 saturated heterocycles. The van der Waals surface area contributed by atoms with Gasteiger partial charge in [-0.2, -0.15) is 0 Å². The third kappa shape index (κ3) is 8.25. The van der Waals surface area contributed by atoms with Gasteiger partial charge >= 0.3 is 0 Å². The van der Waals surface area contributed by atoms with Gasteiger partial charge in [-0.3, -0.25) is 0 Å². The summed E-state index contributed by atoms with van der Waals surface area (Å²) in [5, 5.41) is 17.0. The first-order valence-electron chi connectivity index (χ1n) is 14.9. The van der Waals surface area contributed by atoms with Crippen LogP contribution < -0.4 is 31.8 Å². The zero-order valence-electron chi connectivity index (χ0n) is 26.2. The van der Waals surface area contributed by atoms with E-state index in [1.165, 1.54) is 35.4 Å². The standard InChI is InChI=1S/C38H32O6P2S2/c1-39-41-43-47-35-27-15-25-33(45(29-17-7-3-8-18-29)30-19-9-4-10-20-30)37(35)38-34(26-16-28-36(38)48-44-42-40-2)46(31-21-11-5-12-22-31)32-23-13-6-14-24-32/h3-28H,1-2H3. The van der Waals surface area contributed by atoms with Gasteiger partial charge in [-0.25, -0.2) is 9.78 Å². The number of hydrogen-bond donors (Lipinski definition) is 0. The van der Waals surface area contributed by atoms with Crippen LogP contribution in [0.3, 0.4) is 0 Å². The Morgan fingerprint density at radius 3 is 0.979 bits per heavy atom. The van der Waals surface area contributed by atoms with E-state index in [0.717, 1.165) is 55.6 Å². The van der Waals surface area contributed by atoms with Gasteiger partial charge in [0.25, 0.3) is 0 Å². The van der Waals surface area contributed by atoms with Gasteiger partial charge in [-0.1, -0.05) is 156 Å². The molecular weight excluding hydrogens is 678 g/mol. The first-order chi connectivity index (χ1) is 23.8. The van der Waals surface area contributed by atoms with Crippen molar-refractivity contribution in [1.82, 2.24) is 0 Å². The first-order valence-corrected chi connectivity index (χ1v) is 19.1. The minimum Gasteiger partial charge on any atom is -0.209 e. The van der Waals surface area contributed by atoms with Gasteiger partial charge < -0.3 is 0 Å². The topological polar surface area (TPSA) is 55.4 Å². The van der Waals surface area contributed by atoms with Crippen LogP contribution in [-0.2, 0) is 28.5 Å². The van der Waals surface area contributed by atoms with Crippen LogP contribution in [-0.4, -0.2) is 14.2 Å². The summed E-state index contributed by atoms with van der Waals surface area (Å²) in [6.45, 7) is 0. The van der Waals surface area contributed by atoms with Crippen LogP contribution >= 0.6 is 39.9 Å². The van der Waals surface area contributed by atoms with Crippen molar-refractivity contribution in [1.29, 1.82) is 0 Å². The molecule has 0 saturated carbocycles. The molecule has 6 aromatic rings. The van der Waals surface area contributed by atoms with E-state index in [9.17, 15) is 0 Å². The molecule has 0 aliphatic rings. The Morgan fingerprint density at radius 2 is 0.688 bits per heavy atom. The molecule has 48 heavy (non-hydrogen) atoms. The fraction of sp³-hybridized carbons (Fsp3) is 0.0526. The Bertz CT molecular complexity index is 1650. The number of benzene rings is 6. The maximum Gasteiger partial charge on any atom is 0.0744 e. The van der Waals surface area contributed by atoms with E-state index < -0.39 is 15.8 Å². The van der Waals surface area contributed by atoms with Crippen LogP contribution in [0, 0.1) is 0 Å². The predicted molar refractivity (Wildman–Crippen MR) is 199 cm³/mol. The molecule has 0 unspecified atom stereocenters. The first kappa shape index (κ1) is 34.5. The molecule has 0 aliphatic carbocycles. The lowest BCUT2D eigenvalue weighted by atomic mass is 10.1. The fourth-order valence-electron chi connectivity index (χ4n) is 5.37. The lowest BCUT2D eigenvalue weighted by Crippen LogP contribution is -2.26. The zero-order valence-corrected chi connectivity index (χ0v) is 29.6. The highest BCUT2D eigenvalue weighted by atomic mass is 32.2. The predicted octanol–water partition coefficient (Wildman–Crippen LogP) is 7.90. The minimum atomic E-state index is -1.03. The van der Waals surface area contributed by atoms with Gasteiger partial charge in [0.1, 0.15) is 0 Å². The number of rotatable bonds is 15. The summed E-state index contributed by atoms with van der Waals surface area (Å²) < 4.78 is 11.0. The molecule has 242 valence electrons. The highest BCUT2D eigenvalue weighted by Crippen LogP contribution is 2.47. The molecule has 0 atom stereocenters. The van der Waals surface area contributed by atoms with E-state index in [0.29, 0.717) is 0 Å². The normalized spacial score (nSPS) is 11.3. The molecule has 6 rings (SSSR count). The molecule has 6 nitrogen and oxygen atoms in total. The molecule has 0 aliphatic heterocycles. The van der Waals surface area contributed by atoms with Crippen molar-refractivity contribution in [2.24, 2.45) is 0 Å². The highest BCUT2D eigenvalue weighted by Gasteiger charge is 2.29. The second-order valence-corrected chi connectivity index (χ2v) is 15.9. The van der Waals surface area contributed by atoms with Crippen LogP contribution in [0.2, 0.25) is 0 Å². The molecular formula is C38H32O6P2S2. The SMILES string of the molecule is COOOSc1cccc(P(c2ccccc2)c2ccccc2)c1-c1c(SOOOC)cccc1P(c1ccccc1)c1ccccc1. The van der Waals surface area contributed by atoms with E-state index in [1.807, 2.05) is 12.1 Å². The zero-order chi connectivity index (χ0) is 33.0. The monoisotopic (exact) mass is 710 g/mol. The Labute approximate surface area is 292 Å². The van der Waals surface area contributed by atoms with E-state index in [2.05, 4.69) is 146 Å². The van der Waals surface area contributed by atoms with Crippen LogP contribution in [0.15, 0.2) is 168 Å². The van der Waals surface area contributed by atoms with Crippen LogP contribution in [0.4, 0.5) is 0 Å². The smallest absolute Gasteiger partial charge is 0.0744 e. The van der Waals surface area contributed by atoms with Gasteiger partial charge in [0.05, 0.1) is 38.3 Å². The molecule has 0 bridgehead atoms. The molecule has 0 amide bonds. The van der Waals surface area contributed by atoms with Crippen molar-refractivity contribution < 1.29 is 28.5 Å². The Morgan fingerprint density at radius 1 is 0.375 bits per heavy atom. The molecule has 0 aromatic heterocycles. The second-order valence-electron chi connectivity index (χ2n) is 10.1. The average Bonchev–Trinajstić information content (AvgIpc) is 3.14. The largest absolute Gasteiger partial charge is 0.209 e. The molecule has 6 aromatic carbocycles. The maximum atomic E-state index is 5.51. The van der Waals surface area contributed by atoms with E-state index >= 15 is 0 Å². The summed E-state index contributed by atoms with van der Waals surface area (Å²) in [6, 6.07) is 55.2. The quantitative estimate of drug-likeness (QED) is 0.0351. The molecule has 0 fully saturated rings. The van der Waals surface area contributed by atoms with Crippen molar-refractivity contribution in [3.63, 3.8) is 0 Å². The highest BCUT2D eigenvalue weighted by molar-refractivity contribution is 7.95. The summed E-state index contributed by atoms with van der Waals surface area (Å²) in [4.78, 5) is 11.3. The van der Waals surface area contributed by atoms with E-state index in [1.54, 1.807) is 0 Å². The third-order valence-electron chi connectivity index (χ3n) is 7.24. The Balaban J connectivity index is 1.69. The molecule has 0 N–H and O–H groups in total. The molecule has 0 radical (unpaired) electrons. The lowest BCUT2D eigenvalue weighted by molar-refractivity contribution is -0.447. The fourth-order valence-corrected chi connectivity index (χ4v) is 11.7. The summed E-state index contributed by atoms with van der Waals surface area (Å²) in [5.74, 6) is 0. The summed E-state index contributed by atoms with van der Waals surface area (Å²) in [7, 11) is 0.751. The number of hydrogen-bond acceptors (Lipinski definition) is 8. The molecule has 0 spiro atoms. The van der Waals surface area contributed by atoms with Gasteiger partial charge in [0.2, 0.25) is 0 Å². The lowest BCUT2D eigenvalue weighted by Gasteiger charge is -2.28. The maximum absolute atomic E-state index is 5.51. The van der Waals surface area contributed by atoms with Gasteiger partial charge in [-0.05, 0) is 59.8 Å². The summed E-state index contributed by atoms with van der Waals surface area (Å²) in [6.07, 6.45) is 0. The van der Waals surface area contributed by atoms with E-state index in [-0.39, 0.29) is 0 Å². The van der Waals surface area contributed by atoms with Crippen LogP contribution in [0.25, 0.3) is 11.1 Å². The van der Waals surface area contributed by atoms with Crippen LogP contribution in [0.5, 0.6) is 0 Å². The van der Waals surface area contributed by atoms with Gasteiger partial charge in [0, 0.05) is 20.9 Å². The van der Waals surface area contributed by atoms with Gasteiger partial charge in [-0.15, -0.1) is 8.67 Å². The second kappa shape index (κ2) is 17.9. The van der Waals surface area contributed by atoms with Crippen molar-refractivity contribution in [2.45, 2.75) is 9.79 Å². The molecule has 10 heteroatoms. The Kier molecular flexibility index (Phi) is 12.8. The van der Waals surface area contributed by atoms with Crippen LogP contribution in [0.1, 0.15) is 0 Å². The van der Waals surface area contributed by atoms with Crippen molar-refractivity contribution in [3.8, 4) is 11.1 Å². The average molecular weight is 711 g/mol. The minimum absolute atomic E-state index is 0.849. The van der Waals surface area contributed by atoms with Crippen molar-refractivity contribution in [3.05, 3.63) is 158 Å². The summed E-state index contributed by atoms with van der Waals surface area (Å²) in [5.41, 5.74) is 2.00. The van der Waals surface area contributed by atoms with Crippen molar-refractivity contribution in [2.75, 3.05) is 14.2 Å². The molecule has 0 heterocycles. The van der Waals surface area contributed by atoms with Crippen molar-refractivity contribution >= 4 is 71.8 Å². The third-order valence-corrected chi connectivity index (χ3v) is 13.5. The Hall–Kier alpha value is -3.36. The van der Waals surface area contributed by atoms with E-state index in [4.69, 9.17) is 28.5 Å². The van der Waals surface area contributed by atoms with Gasteiger partial charge in [0.15, 0.2) is 0 Å².